The van der Waals surface area contributed by atoms with E-state index in [0.717, 1.165) is 22.2 Å². The normalized spacial score (nSPS) is 11.9. The van der Waals surface area contributed by atoms with Gasteiger partial charge in [0.2, 0.25) is 5.95 Å². The fourth-order valence-corrected chi connectivity index (χ4v) is 7.90. The van der Waals surface area contributed by atoms with Gasteiger partial charge in [-0.3, -0.25) is 4.57 Å². The zero-order chi connectivity index (χ0) is 32.6. The molecule has 0 fully saturated rings. The molecule has 4 heteroatoms. The topological polar surface area (TPSA) is 43.6 Å². The van der Waals surface area contributed by atoms with Crippen LogP contribution in [0.15, 0.2) is 146 Å². The molecule has 10 rings (SSSR count). The Morgan fingerprint density at radius 3 is 1.80 bits per heavy atom. The van der Waals surface area contributed by atoms with Gasteiger partial charge in [-0.2, -0.15) is 9.97 Å². The van der Waals surface area contributed by atoms with E-state index < -0.39 is 0 Å². The molecule has 230 valence electrons. The summed E-state index contributed by atoms with van der Waals surface area (Å²) in [6.07, 6.45) is 0. The van der Waals surface area contributed by atoms with Crippen LogP contribution >= 0.6 is 0 Å². The molecule has 0 N–H and O–H groups in total. The molecule has 8 aromatic carbocycles. The summed E-state index contributed by atoms with van der Waals surface area (Å²) >= 11 is 0. The van der Waals surface area contributed by atoms with E-state index in [1.807, 2.05) is 36.4 Å². The molecule has 2 aromatic heterocycles. The van der Waals surface area contributed by atoms with Crippen molar-refractivity contribution in [2.24, 2.45) is 0 Å². The molecule has 49 heavy (non-hydrogen) atoms. The van der Waals surface area contributed by atoms with E-state index >= 15 is 0 Å². The minimum absolute atomic E-state index is 0.603. The lowest BCUT2D eigenvalue weighted by atomic mass is 9.86. The number of hydrogen-bond acceptors (Lipinski definition) is 3. The number of rotatable bonds is 4. The largest absolute Gasteiger partial charge is 0.278 e. The van der Waals surface area contributed by atoms with Gasteiger partial charge < -0.3 is 0 Å². The lowest BCUT2D eigenvalue weighted by Crippen LogP contribution is -2.07. The molecule has 0 amide bonds. The van der Waals surface area contributed by atoms with Gasteiger partial charge in [0.1, 0.15) is 0 Å². The van der Waals surface area contributed by atoms with Gasteiger partial charge in [-0.15, -0.1) is 0 Å². The molecule has 0 saturated carbocycles. The van der Waals surface area contributed by atoms with Crippen LogP contribution in [-0.2, 0) is 0 Å². The summed E-state index contributed by atoms with van der Waals surface area (Å²) in [6.45, 7) is 4.50. The average molecular weight is 627 g/mol. The standard InChI is InChI=1S/C45H30N4/c1-27-26-33-17-11-16-29-20-21-30-22-23-36(39(27)41(30)40(29)33)34-24-25-37-35-18-9-10-19-38(35)49(42(37)28(34)2)45-47-43(31-12-5-3-6-13-31)46-44(48-45)32-14-7-4-8-15-32/h3-26H,1-2H3. The predicted octanol–water partition coefficient (Wildman–Crippen LogP) is 11.5. The van der Waals surface area contributed by atoms with Crippen molar-refractivity contribution >= 4 is 54.1 Å². The van der Waals surface area contributed by atoms with E-state index in [0.29, 0.717) is 17.6 Å². The van der Waals surface area contributed by atoms with E-state index in [1.54, 1.807) is 0 Å². The Labute approximate surface area is 283 Å². The number of hydrogen-bond donors (Lipinski definition) is 0. The number of nitrogens with zero attached hydrogens (tertiary/aromatic N) is 4. The summed E-state index contributed by atoms with van der Waals surface area (Å²) in [5, 5.41) is 10.2. The van der Waals surface area contributed by atoms with Crippen molar-refractivity contribution in [2.45, 2.75) is 13.8 Å². The van der Waals surface area contributed by atoms with E-state index in [2.05, 4.69) is 128 Å². The number of aryl methyl sites for hydroxylation is 2. The van der Waals surface area contributed by atoms with Crippen molar-refractivity contribution in [2.75, 3.05) is 0 Å². The molecule has 4 nitrogen and oxygen atoms in total. The highest BCUT2D eigenvalue weighted by atomic mass is 15.2. The maximum atomic E-state index is 5.18. The number of benzene rings is 8. The summed E-state index contributed by atoms with van der Waals surface area (Å²) in [5.41, 5.74) is 8.98. The maximum absolute atomic E-state index is 5.18. The Bertz CT molecular complexity index is 2830. The monoisotopic (exact) mass is 626 g/mol. The summed E-state index contributed by atoms with van der Waals surface area (Å²) in [4.78, 5) is 15.3. The van der Waals surface area contributed by atoms with Crippen molar-refractivity contribution < 1.29 is 0 Å². The second-order valence-electron chi connectivity index (χ2n) is 12.9. The Morgan fingerprint density at radius 1 is 0.449 bits per heavy atom. The average Bonchev–Trinajstić information content (AvgIpc) is 3.50. The predicted molar refractivity (Wildman–Crippen MR) is 204 cm³/mol. The van der Waals surface area contributed by atoms with Crippen LogP contribution in [0.2, 0.25) is 0 Å². The van der Waals surface area contributed by atoms with Crippen LogP contribution in [0.3, 0.4) is 0 Å². The fourth-order valence-electron chi connectivity index (χ4n) is 7.90. The first kappa shape index (κ1) is 27.7. The molecule has 0 spiro atoms. The van der Waals surface area contributed by atoms with Crippen LogP contribution in [-0.4, -0.2) is 19.5 Å². The molecular weight excluding hydrogens is 597 g/mol. The smallest absolute Gasteiger partial charge is 0.238 e. The van der Waals surface area contributed by atoms with Crippen molar-refractivity contribution in [3.8, 4) is 39.9 Å². The van der Waals surface area contributed by atoms with Crippen LogP contribution in [0.25, 0.3) is 94.0 Å². The summed E-state index contributed by atoms with van der Waals surface area (Å²) in [5.74, 6) is 1.89. The second-order valence-corrected chi connectivity index (χ2v) is 12.9. The molecule has 0 aliphatic rings. The fraction of sp³-hybridized carbons (Fsp3) is 0.0444. The van der Waals surface area contributed by atoms with Crippen LogP contribution in [0.4, 0.5) is 0 Å². The first-order valence-corrected chi connectivity index (χ1v) is 16.7. The van der Waals surface area contributed by atoms with Gasteiger partial charge in [-0.1, -0.05) is 140 Å². The van der Waals surface area contributed by atoms with Crippen LogP contribution in [0.1, 0.15) is 11.1 Å². The zero-order valence-electron chi connectivity index (χ0n) is 27.1. The third kappa shape index (κ3) is 4.14. The first-order valence-electron chi connectivity index (χ1n) is 16.7. The van der Waals surface area contributed by atoms with E-state index in [1.165, 1.54) is 65.3 Å². The Kier molecular flexibility index (Phi) is 5.97. The second kappa shape index (κ2) is 10.6. The van der Waals surface area contributed by atoms with Gasteiger partial charge in [-0.05, 0) is 74.5 Å². The molecule has 10 aromatic rings. The van der Waals surface area contributed by atoms with E-state index in [9.17, 15) is 0 Å². The number of aromatic nitrogens is 4. The van der Waals surface area contributed by atoms with Gasteiger partial charge in [-0.25, -0.2) is 4.98 Å². The van der Waals surface area contributed by atoms with Gasteiger partial charge >= 0.3 is 0 Å². The summed E-state index contributed by atoms with van der Waals surface area (Å²) < 4.78 is 2.24. The Hall–Kier alpha value is -6.39. The molecule has 0 saturated heterocycles. The van der Waals surface area contributed by atoms with Crippen LogP contribution in [0, 0.1) is 13.8 Å². The van der Waals surface area contributed by atoms with E-state index in [-0.39, 0.29) is 0 Å². The third-order valence-corrected chi connectivity index (χ3v) is 10.1. The number of fused-ring (bicyclic) bond motifs is 3. The molecule has 0 radical (unpaired) electrons. The Morgan fingerprint density at radius 2 is 1.06 bits per heavy atom. The molecule has 0 atom stereocenters. The van der Waals surface area contributed by atoms with Crippen molar-refractivity contribution in [1.82, 2.24) is 19.5 Å². The summed E-state index contributed by atoms with van der Waals surface area (Å²) in [6, 6.07) is 51.6. The van der Waals surface area contributed by atoms with Gasteiger partial charge in [0, 0.05) is 21.9 Å². The molecule has 0 aliphatic heterocycles. The zero-order valence-corrected chi connectivity index (χ0v) is 27.1. The van der Waals surface area contributed by atoms with Crippen LogP contribution < -0.4 is 0 Å². The molecule has 0 unspecified atom stereocenters. The van der Waals surface area contributed by atoms with Crippen molar-refractivity contribution in [3.63, 3.8) is 0 Å². The first-order chi connectivity index (χ1) is 24.1. The van der Waals surface area contributed by atoms with Gasteiger partial charge in [0.05, 0.1) is 11.0 Å². The minimum Gasteiger partial charge on any atom is -0.278 e. The lowest BCUT2D eigenvalue weighted by Gasteiger charge is -2.18. The highest BCUT2D eigenvalue weighted by Crippen LogP contribution is 2.44. The minimum atomic E-state index is 0.603. The van der Waals surface area contributed by atoms with Crippen LogP contribution in [0.5, 0.6) is 0 Å². The molecule has 2 heterocycles. The molecule has 0 aliphatic carbocycles. The third-order valence-electron chi connectivity index (χ3n) is 10.1. The maximum Gasteiger partial charge on any atom is 0.238 e. The highest BCUT2D eigenvalue weighted by Gasteiger charge is 2.22. The van der Waals surface area contributed by atoms with E-state index in [4.69, 9.17) is 15.0 Å². The SMILES string of the molecule is Cc1cc2cccc3ccc4ccc(-c5ccc6c7ccccc7n(-c7nc(-c8ccccc8)nc(-c8ccccc8)n7)c6c5C)c1c4c32. The quantitative estimate of drug-likeness (QED) is 0.183. The molecule has 0 bridgehead atoms. The van der Waals surface area contributed by atoms with Crippen molar-refractivity contribution in [1.29, 1.82) is 0 Å². The van der Waals surface area contributed by atoms with Gasteiger partial charge in [0.15, 0.2) is 11.6 Å². The number of para-hydroxylation sites is 1. The van der Waals surface area contributed by atoms with Gasteiger partial charge in [0.25, 0.3) is 0 Å². The summed E-state index contributed by atoms with van der Waals surface area (Å²) in [7, 11) is 0. The lowest BCUT2D eigenvalue weighted by molar-refractivity contribution is 0.951. The molecular formula is C45H30N4. The van der Waals surface area contributed by atoms with Crippen molar-refractivity contribution in [3.05, 3.63) is 157 Å². The highest BCUT2D eigenvalue weighted by molar-refractivity contribution is 6.26. The Balaban J connectivity index is 1.30.